The fourth-order valence-electron chi connectivity index (χ4n) is 2.07. The summed E-state index contributed by atoms with van der Waals surface area (Å²) in [4.78, 5) is 34.3. The van der Waals surface area contributed by atoms with Crippen LogP contribution in [0.15, 0.2) is 42.5 Å². The van der Waals surface area contributed by atoms with Crippen LogP contribution >= 0.6 is 0 Å². The van der Waals surface area contributed by atoms with Crippen LogP contribution in [-0.2, 0) is 11.2 Å². The lowest BCUT2D eigenvalue weighted by Gasteiger charge is -2.05. The van der Waals surface area contributed by atoms with Crippen LogP contribution in [0.1, 0.15) is 38.8 Å². The van der Waals surface area contributed by atoms with Crippen LogP contribution in [-0.4, -0.2) is 17.5 Å². The number of halogens is 1. The fraction of sp³-hybridized carbons (Fsp3) is 0.118. The molecule has 0 saturated carbocycles. The van der Waals surface area contributed by atoms with Crippen LogP contribution in [0.3, 0.4) is 0 Å². The van der Waals surface area contributed by atoms with E-state index in [9.17, 15) is 18.8 Å². The van der Waals surface area contributed by atoms with Crippen LogP contribution in [0.4, 0.5) is 4.39 Å². The molecule has 5 heteroatoms. The quantitative estimate of drug-likeness (QED) is 0.860. The Morgan fingerprint density at radius 3 is 2.09 bits per heavy atom. The summed E-state index contributed by atoms with van der Waals surface area (Å²) in [5.74, 6) is -2.03. The number of rotatable bonds is 5. The summed E-state index contributed by atoms with van der Waals surface area (Å²) in [6.45, 7) is 1.48. The van der Waals surface area contributed by atoms with Gasteiger partial charge in [-0.05, 0) is 30.7 Å². The van der Waals surface area contributed by atoms with Gasteiger partial charge in [0.25, 0.3) is 0 Å². The van der Waals surface area contributed by atoms with Crippen LogP contribution in [0.25, 0.3) is 0 Å². The normalized spacial score (nSPS) is 10.3. The molecule has 1 amide bonds. The number of hydrogen-bond donors (Lipinski definition) is 1. The van der Waals surface area contributed by atoms with Gasteiger partial charge in [0.1, 0.15) is 11.6 Å². The first-order valence-corrected chi connectivity index (χ1v) is 6.61. The third-order valence-electron chi connectivity index (χ3n) is 3.17. The summed E-state index contributed by atoms with van der Waals surface area (Å²) in [7, 11) is 0. The zero-order chi connectivity index (χ0) is 16.3. The molecule has 0 spiro atoms. The van der Waals surface area contributed by atoms with E-state index >= 15 is 0 Å². The van der Waals surface area contributed by atoms with Crippen LogP contribution in [0, 0.1) is 5.82 Å². The van der Waals surface area contributed by atoms with E-state index < -0.39 is 17.5 Å². The molecule has 0 aromatic heterocycles. The van der Waals surface area contributed by atoms with Gasteiger partial charge in [0.2, 0.25) is 5.91 Å². The first kappa shape index (κ1) is 15.6. The molecule has 0 fully saturated rings. The minimum absolute atomic E-state index is 0.00542. The summed E-state index contributed by atoms with van der Waals surface area (Å²) in [6.07, 6.45) is 0.288. The van der Waals surface area contributed by atoms with Crippen molar-refractivity contribution in [3.63, 3.8) is 0 Å². The van der Waals surface area contributed by atoms with Gasteiger partial charge < -0.3 is 5.73 Å². The lowest BCUT2D eigenvalue weighted by atomic mass is 9.99. The van der Waals surface area contributed by atoms with E-state index in [0.29, 0.717) is 5.56 Å². The highest BCUT2D eigenvalue weighted by Crippen LogP contribution is 2.16. The maximum Gasteiger partial charge on any atom is 0.248 e. The Bertz CT molecular complexity index is 751. The molecule has 22 heavy (non-hydrogen) atoms. The number of benzene rings is 2. The Labute approximate surface area is 126 Å². The molecular weight excluding hydrogens is 285 g/mol. The van der Waals surface area contributed by atoms with E-state index in [1.165, 1.54) is 19.1 Å². The Hall–Kier alpha value is -2.82. The van der Waals surface area contributed by atoms with Crippen LogP contribution < -0.4 is 5.73 Å². The van der Waals surface area contributed by atoms with Gasteiger partial charge in [-0.2, -0.15) is 0 Å². The summed E-state index contributed by atoms with van der Waals surface area (Å²) in [6, 6.07) is 9.89. The predicted octanol–water partition coefficient (Wildman–Crippen LogP) is 2.29. The number of Topliss-reactive ketones (excluding diaryl/α,β-unsaturated/α-hetero) is 1. The van der Waals surface area contributed by atoms with Crippen molar-refractivity contribution < 1.29 is 18.8 Å². The SMILES string of the molecule is CC(=O)Cc1ccc(C(=O)c2ccc(C(N)=O)cc2F)cc1. The third-order valence-corrected chi connectivity index (χ3v) is 3.17. The average Bonchev–Trinajstić information content (AvgIpc) is 2.46. The minimum atomic E-state index is -0.797. The van der Waals surface area contributed by atoms with Gasteiger partial charge >= 0.3 is 0 Å². The first-order valence-electron chi connectivity index (χ1n) is 6.61. The average molecular weight is 299 g/mol. The van der Waals surface area contributed by atoms with Gasteiger partial charge in [-0.3, -0.25) is 14.4 Å². The van der Waals surface area contributed by atoms with Crippen molar-refractivity contribution in [3.05, 3.63) is 70.5 Å². The molecule has 112 valence electrons. The fourth-order valence-corrected chi connectivity index (χ4v) is 2.07. The molecule has 2 N–H and O–H groups in total. The Balaban J connectivity index is 2.28. The number of carbonyl (C=O) groups is 3. The Kier molecular flexibility index (Phi) is 4.46. The van der Waals surface area contributed by atoms with Crippen molar-refractivity contribution in [1.29, 1.82) is 0 Å². The van der Waals surface area contributed by atoms with E-state index in [-0.39, 0.29) is 23.3 Å². The van der Waals surface area contributed by atoms with Gasteiger partial charge in [0.05, 0.1) is 5.56 Å². The topological polar surface area (TPSA) is 77.2 Å². The number of hydrogen-bond acceptors (Lipinski definition) is 3. The van der Waals surface area contributed by atoms with Gasteiger partial charge in [-0.1, -0.05) is 24.3 Å². The smallest absolute Gasteiger partial charge is 0.248 e. The molecule has 2 aromatic carbocycles. The summed E-state index contributed by atoms with van der Waals surface area (Å²) < 4.78 is 13.9. The molecule has 0 aliphatic heterocycles. The maximum absolute atomic E-state index is 13.9. The second-order valence-corrected chi connectivity index (χ2v) is 4.96. The Morgan fingerprint density at radius 1 is 1.00 bits per heavy atom. The van der Waals surface area contributed by atoms with Crippen molar-refractivity contribution >= 4 is 17.5 Å². The number of primary amides is 1. The van der Waals surface area contributed by atoms with Crippen LogP contribution in [0.2, 0.25) is 0 Å². The van der Waals surface area contributed by atoms with Gasteiger partial charge in [0.15, 0.2) is 5.78 Å². The summed E-state index contributed by atoms with van der Waals surface area (Å²) in [5.41, 5.74) is 6.02. The van der Waals surface area contributed by atoms with Crippen molar-refractivity contribution in [3.8, 4) is 0 Å². The molecule has 4 nitrogen and oxygen atoms in total. The van der Waals surface area contributed by atoms with Crippen molar-refractivity contribution in [2.45, 2.75) is 13.3 Å². The second kappa shape index (κ2) is 6.30. The molecular formula is C17H14FNO3. The summed E-state index contributed by atoms with van der Waals surface area (Å²) in [5, 5.41) is 0. The molecule has 0 aliphatic carbocycles. The standard InChI is InChI=1S/C17H14FNO3/c1-10(20)8-11-2-4-12(5-3-11)16(21)14-7-6-13(17(19)22)9-15(14)18/h2-7,9H,8H2,1H3,(H2,19,22). The molecule has 2 aromatic rings. The maximum atomic E-state index is 13.9. The highest BCUT2D eigenvalue weighted by molar-refractivity contribution is 6.09. The highest BCUT2D eigenvalue weighted by Gasteiger charge is 2.15. The van der Waals surface area contributed by atoms with Crippen LogP contribution in [0.5, 0.6) is 0 Å². The van der Waals surface area contributed by atoms with Gasteiger partial charge in [0, 0.05) is 17.5 Å². The molecule has 0 atom stereocenters. The van der Waals surface area contributed by atoms with Crippen molar-refractivity contribution in [2.75, 3.05) is 0 Å². The molecule has 2 rings (SSSR count). The van der Waals surface area contributed by atoms with E-state index in [2.05, 4.69) is 0 Å². The number of nitrogens with two attached hydrogens (primary N) is 1. The molecule has 0 bridgehead atoms. The lowest BCUT2D eigenvalue weighted by Crippen LogP contribution is -2.12. The van der Waals surface area contributed by atoms with E-state index in [4.69, 9.17) is 5.73 Å². The first-order chi connectivity index (χ1) is 10.4. The molecule has 0 unspecified atom stereocenters. The third kappa shape index (κ3) is 3.44. The zero-order valence-electron chi connectivity index (χ0n) is 11.9. The molecule has 0 radical (unpaired) electrons. The molecule has 0 heterocycles. The molecule has 0 saturated heterocycles. The van der Waals surface area contributed by atoms with E-state index in [0.717, 1.165) is 11.6 Å². The summed E-state index contributed by atoms with van der Waals surface area (Å²) >= 11 is 0. The largest absolute Gasteiger partial charge is 0.366 e. The second-order valence-electron chi connectivity index (χ2n) is 4.96. The zero-order valence-corrected chi connectivity index (χ0v) is 11.9. The van der Waals surface area contributed by atoms with Gasteiger partial charge in [-0.25, -0.2) is 4.39 Å². The van der Waals surface area contributed by atoms with E-state index in [1.54, 1.807) is 24.3 Å². The predicted molar refractivity (Wildman–Crippen MR) is 79.2 cm³/mol. The number of amides is 1. The van der Waals surface area contributed by atoms with Crippen molar-refractivity contribution in [2.24, 2.45) is 5.73 Å². The number of carbonyl (C=O) groups excluding carboxylic acids is 3. The molecule has 0 aliphatic rings. The van der Waals surface area contributed by atoms with Gasteiger partial charge in [-0.15, -0.1) is 0 Å². The monoisotopic (exact) mass is 299 g/mol. The minimum Gasteiger partial charge on any atom is -0.366 e. The highest BCUT2D eigenvalue weighted by atomic mass is 19.1. The van der Waals surface area contributed by atoms with Crippen molar-refractivity contribution in [1.82, 2.24) is 0 Å². The number of ketones is 2. The lowest BCUT2D eigenvalue weighted by molar-refractivity contribution is -0.116. The Morgan fingerprint density at radius 2 is 1.59 bits per heavy atom. The van der Waals surface area contributed by atoms with E-state index in [1.807, 2.05) is 0 Å².